The van der Waals surface area contributed by atoms with Crippen LogP contribution in [0.2, 0.25) is 0 Å². The van der Waals surface area contributed by atoms with E-state index in [9.17, 15) is 19.2 Å². The fourth-order valence-electron chi connectivity index (χ4n) is 4.14. The van der Waals surface area contributed by atoms with Crippen LogP contribution in [0.3, 0.4) is 0 Å². The molecule has 9 heteroatoms. The van der Waals surface area contributed by atoms with Crippen molar-refractivity contribution in [3.63, 3.8) is 0 Å². The molecular weight excluding hydrogens is 478 g/mol. The number of ether oxygens (including phenoxy) is 4. The molecule has 2 aromatic rings. The van der Waals surface area contributed by atoms with E-state index in [0.29, 0.717) is 16.9 Å². The predicted molar refractivity (Wildman–Crippen MR) is 133 cm³/mol. The fourth-order valence-corrected chi connectivity index (χ4v) is 4.14. The van der Waals surface area contributed by atoms with Crippen LogP contribution in [-0.4, -0.2) is 60.5 Å². The molecule has 0 aromatic heterocycles. The summed E-state index contributed by atoms with van der Waals surface area (Å²) in [5.74, 6) is -3.27. The van der Waals surface area contributed by atoms with Crippen LogP contribution in [0, 0.1) is 5.41 Å². The quantitative estimate of drug-likeness (QED) is 0.373. The molecule has 0 bridgehead atoms. The lowest BCUT2D eigenvalue weighted by Gasteiger charge is -2.36. The Labute approximate surface area is 216 Å². The van der Waals surface area contributed by atoms with Gasteiger partial charge in [-0.25, -0.2) is 4.79 Å². The van der Waals surface area contributed by atoms with Gasteiger partial charge in [-0.1, -0.05) is 42.5 Å². The van der Waals surface area contributed by atoms with Gasteiger partial charge in [-0.2, -0.15) is 0 Å². The number of rotatable bonds is 9. The zero-order valence-corrected chi connectivity index (χ0v) is 22.0. The number of esters is 2. The standard InChI is InChI=1S/C28H33NO8/c1-26(2,3)37-18-28(25(33)35-6)22(30)27(4,24(32)36-17-20-10-8-7-9-11-20)23(31)29(28)16-19-12-14-21(34-5)15-13-19/h7-15H,16-18H2,1-6H3/t27-,28+/m0/s1. The maximum atomic E-state index is 14.1. The van der Waals surface area contributed by atoms with E-state index in [2.05, 4.69) is 0 Å². The summed E-state index contributed by atoms with van der Waals surface area (Å²) in [6.45, 7) is 5.65. The van der Waals surface area contributed by atoms with Crippen LogP contribution in [-0.2, 0) is 46.5 Å². The second-order valence-corrected chi connectivity index (χ2v) is 10.0. The molecule has 1 amide bonds. The van der Waals surface area contributed by atoms with Gasteiger partial charge in [0.2, 0.25) is 16.9 Å². The highest BCUT2D eigenvalue weighted by Gasteiger charge is 2.73. The highest BCUT2D eigenvalue weighted by Crippen LogP contribution is 2.43. The zero-order valence-electron chi connectivity index (χ0n) is 22.0. The second kappa shape index (κ2) is 10.7. The molecule has 2 aromatic carbocycles. The average Bonchev–Trinajstić information content (AvgIpc) is 3.05. The first kappa shape index (κ1) is 27.9. The second-order valence-electron chi connectivity index (χ2n) is 10.0. The minimum Gasteiger partial charge on any atom is -0.497 e. The lowest BCUT2D eigenvalue weighted by atomic mass is 9.80. The lowest BCUT2D eigenvalue weighted by molar-refractivity contribution is -0.169. The molecular formula is C28H33NO8. The van der Waals surface area contributed by atoms with Crippen molar-refractivity contribution in [1.82, 2.24) is 4.90 Å². The van der Waals surface area contributed by atoms with Crippen LogP contribution in [0.15, 0.2) is 54.6 Å². The maximum absolute atomic E-state index is 14.1. The number of hydrogen-bond donors (Lipinski definition) is 0. The van der Waals surface area contributed by atoms with Gasteiger partial charge in [0.15, 0.2) is 5.78 Å². The molecule has 1 saturated heterocycles. The highest BCUT2D eigenvalue weighted by atomic mass is 16.5. The summed E-state index contributed by atoms with van der Waals surface area (Å²) in [6.07, 6.45) is 0. The van der Waals surface area contributed by atoms with Gasteiger partial charge in [0, 0.05) is 6.54 Å². The Hall–Kier alpha value is -3.72. The van der Waals surface area contributed by atoms with Crippen molar-refractivity contribution in [3.8, 4) is 5.75 Å². The third-order valence-corrected chi connectivity index (χ3v) is 6.32. The number of benzene rings is 2. The fraction of sp³-hybridized carbons (Fsp3) is 0.429. The molecule has 1 aliphatic rings. The number of ketones is 1. The molecule has 1 aliphatic heterocycles. The SMILES string of the molecule is COC(=O)[C@@]1(COC(C)(C)C)C(=O)[C@](C)(C(=O)OCc2ccccc2)C(=O)N1Cc1ccc(OC)cc1. The molecule has 9 nitrogen and oxygen atoms in total. The van der Waals surface area contributed by atoms with Gasteiger partial charge in [0.05, 0.1) is 26.4 Å². The molecule has 198 valence electrons. The van der Waals surface area contributed by atoms with Crippen LogP contribution in [0.1, 0.15) is 38.8 Å². The van der Waals surface area contributed by atoms with E-state index in [1.807, 2.05) is 6.07 Å². The minimum absolute atomic E-state index is 0.141. The normalized spacial score (nSPS) is 21.6. The van der Waals surface area contributed by atoms with E-state index in [1.54, 1.807) is 69.3 Å². The smallest absolute Gasteiger partial charge is 0.342 e. The van der Waals surface area contributed by atoms with Crippen molar-refractivity contribution in [3.05, 3.63) is 65.7 Å². The molecule has 1 fully saturated rings. The Bertz CT molecular complexity index is 1150. The van der Waals surface area contributed by atoms with E-state index in [-0.39, 0.29) is 13.2 Å². The van der Waals surface area contributed by atoms with Crippen LogP contribution < -0.4 is 4.74 Å². The first-order chi connectivity index (χ1) is 17.4. The number of carbonyl (C=O) groups is 4. The topological polar surface area (TPSA) is 108 Å². The summed E-state index contributed by atoms with van der Waals surface area (Å²) in [5, 5.41) is 0. The van der Waals surface area contributed by atoms with E-state index < -0.39 is 46.8 Å². The summed E-state index contributed by atoms with van der Waals surface area (Å²) < 4.78 is 21.5. The van der Waals surface area contributed by atoms with Gasteiger partial charge >= 0.3 is 11.9 Å². The van der Waals surface area contributed by atoms with Crippen molar-refractivity contribution >= 4 is 23.6 Å². The number of likely N-dealkylation sites (tertiary alicyclic amines) is 1. The number of amides is 1. The molecule has 1 heterocycles. The van der Waals surface area contributed by atoms with Crippen molar-refractivity contribution in [2.45, 2.75) is 52.0 Å². The van der Waals surface area contributed by atoms with Crippen molar-refractivity contribution in [2.75, 3.05) is 20.8 Å². The lowest BCUT2D eigenvalue weighted by Crippen LogP contribution is -2.60. The first-order valence-electron chi connectivity index (χ1n) is 11.8. The molecule has 0 saturated carbocycles. The minimum atomic E-state index is -2.28. The van der Waals surface area contributed by atoms with E-state index in [1.165, 1.54) is 14.0 Å². The van der Waals surface area contributed by atoms with Crippen LogP contribution in [0.5, 0.6) is 5.75 Å². The largest absolute Gasteiger partial charge is 0.497 e. The Morgan fingerprint density at radius 2 is 1.51 bits per heavy atom. The third kappa shape index (κ3) is 5.36. The molecule has 0 N–H and O–H groups in total. The van der Waals surface area contributed by atoms with Gasteiger partial charge < -0.3 is 23.8 Å². The van der Waals surface area contributed by atoms with Crippen molar-refractivity contribution in [1.29, 1.82) is 0 Å². The Balaban J connectivity index is 2.06. The third-order valence-electron chi connectivity index (χ3n) is 6.32. The van der Waals surface area contributed by atoms with Crippen LogP contribution in [0.25, 0.3) is 0 Å². The summed E-state index contributed by atoms with van der Waals surface area (Å²) in [6, 6.07) is 15.7. The molecule has 2 atom stereocenters. The van der Waals surface area contributed by atoms with Crippen LogP contribution in [0.4, 0.5) is 0 Å². The Kier molecular flexibility index (Phi) is 8.07. The van der Waals surface area contributed by atoms with Gasteiger partial charge in [-0.05, 0) is 51.0 Å². The molecule has 0 aliphatic carbocycles. The van der Waals surface area contributed by atoms with Gasteiger partial charge in [0.1, 0.15) is 12.4 Å². The van der Waals surface area contributed by atoms with Crippen molar-refractivity contribution < 1.29 is 38.1 Å². The predicted octanol–water partition coefficient (Wildman–Crippen LogP) is 3.08. The van der Waals surface area contributed by atoms with Gasteiger partial charge in [0.25, 0.3) is 0 Å². The average molecular weight is 512 g/mol. The summed E-state index contributed by atoms with van der Waals surface area (Å²) >= 11 is 0. The van der Waals surface area contributed by atoms with E-state index in [4.69, 9.17) is 18.9 Å². The zero-order chi connectivity index (χ0) is 27.4. The van der Waals surface area contributed by atoms with Crippen LogP contribution >= 0.6 is 0 Å². The number of methoxy groups -OCH3 is 2. The monoisotopic (exact) mass is 511 g/mol. The van der Waals surface area contributed by atoms with Gasteiger partial charge in [-0.3, -0.25) is 14.4 Å². The Morgan fingerprint density at radius 3 is 2.05 bits per heavy atom. The number of carbonyl (C=O) groups excluding carboxylic acids is 4. The van der Waals surface area contributed by atoms with E-state index >= 15 is 0 Å². The number of nitrogens with zero attached hydrogens (tertiary/aromatic N) is 1. The number of hydrogen-bond acceptors (Lipinski definition) is 8. The molecule has 37 heavy (non-hydrogen) atoms. The van der Waals surface area contributed by atoms with E-state index in [0.717, 1.165) is 12.0 Å². The molecule has 0 radical (unpaired) electrons. The van der Waals surface area contributed by atoms with Crippen molar-refractivity contribution in [2.24, 2.45) is 5.41 Å². The molecule has 3 rings (SSSR count). The molecule has 0 unspecified atom stereocenters. The van der Waals surface area contributed by atoms with Gasteiger partial charge in [-0.15, -0.1) is 0 Å². The maximum Gasteiger partial charge on any atom is 0.342 e. The summed E-state index contributed by atoms with van der Waals surface area (Å²) in [5.41, 5.74) is -3.95. The summed E-state index contributed by atoms with van der Waals surface area (Å²) in [7, 11) is 2.64. The molecule has 0 spiro atoms. The summed E-state index contributed by atoms with van der Waals surface area (Å²) in [4.78, 5) is 55.7. The number of Topliss-reactive ketones (excluding diaryl/α,β-unsaturated/α-hetero) is 1. The first-order valence-corrected chi connectivity index (χ1v) is 11.8. The highest BCUT2D eigenvalue weighted by molar-refractivity contribution is 6.34. The Morgan fingerprint density at radius 1 is 0.892 bits per heavy atom.